The smallest absolute Gasteiger partial charge is 0.129 e. The number of ether oxygens (including phenoxy) is 1. The van der Waals surface area contributed by atoms with Crippen molar-refractivity contribution >= 4 is 11.4 Å². The Morgan fingerprint density at radius 2 is 1.22 bits per heavy atom. The van der Waals surface area contributed by atoms with Crippen molar-refractivity contribution in [3.63, 3.8) is 0 Å². The zero-order chi connectivity index (χ0) is 16.1. The van der Waals surface area contributed by atoms with Gasteiger partial charge in [-0.05, 0) is 48.5 Å². The summed E-state index contributed by atoms with van der Waals surface area (Å²) in [5, 5.41) is 0. The molecule has 3 aromatic rings. The third kappa shape index (κ3) is 3.84. The van der Waals surface area contributed by atoms with Crippen LogP contribution in [0.15, 0.2) is 72.8 Å². The van der Waals surface area contributed by atoms with Crippen molar-refractivity contribution in [2.45, 2.75) is 0 Å². The predicted molar refractivity (Wildman–Crippen MR) is 94.2 cm³/mol. The second-order valence-corrected chi connectivity index (χ2v) is 5.03. The first-order valence-electron chi connectivity index (χ1n) is 7.21. The second kappa shape index (κ2) is 6.59. The van der Waals surface area contributed by atoms with Crippen LogP contribution in [0, 0.1) is 11.8 Å². The number of anilines is 2. The van der Waals surface area contributed by atoms with Gasteiger partial charge in [-0.1, -0.05) is 30.0 Å². The first kappa shape index (κ1) is 14.6. The minimum Gasteiger partial charge on any atom is -0.457 e. The van der Waals surface area contributed by atoms with Gasteiger partial charge in [0.2, 0.25) is 0 Å². The summed E-state index contributed by atoms with van der Waals surface area (Å²) in [5.41, 5.74) is 14.4. The number of rotatable bonds is 2. The van der Waals surface area contributed by atoms with Crippen molar-refractivity contribution in [2.75, 3.05) is 11.5 Å². The molecule has 0 fully saturated rings. The van der Waals surface area contributed by atoms with Crippen LogP contribution in [0.3, 0.4) is 0 Å². The molecule has 0 atom stereocenters. The van der Waals surface area contributed by atoms with Gasteiger partial charge < -0.3 is 16.2 Å². The van der Waals surface area contributed by atoms with Crippen molar-refractivity contribution in [3.05, 3.63) is 83.9 Å². The molecule has 0 aromatic heterocycles. The fourth-order valence-electron chi connectivity index (χ4n) is 2.02. The van der Waals surface area contributed by atoms with E-state index in [-0.39, 0.29) is 0 Å². The largest absolute Gasteiger partial charge is 0.457 e. The van der Waals surface area contributed by atoms with Gasteiger partial charge in [-0.2, -0.15) is 0 Å². The van der Waals surface area contributed by atoms with Crippen LogP contribution in [-0.4, -0.2) is 0 Å². The molecule has 0 aliphatic rings. The number of nitrogens with two attached hydrogens (primary N) is 2. The van der Waals surface area contributed by atoms with Gasteiger partial charge in [0.25, 0.3) is 0 Å². The van der Waals surface area contributed by atoms with E-state index in [1.165, 1.54) is 0 Å². The van der Waals surface area contributed by atoms with Crippen molar-refractivity contribution in [1.82, 2.24) is 0 Å². The maximum atomic E-state index is 5.77. The van der Waals surface area contributed by atoms with E-state index in [1.54, 1.807) is 18.2 Å². The van der Waals surface area contributed by atoms with Gasteiger partial charge in [-0.25, -0.2) is 0 Å². The Morgan fingerprint density at radius 3 is 1.87 bits per heavy atom. The number of hydrogen-bond donors (Lipinski definition) is 2. The van der Waals surface area contributed by atoms with Crippen molar-refractivity contribution < 1.29 is 4.74 Å². The van der Waals surface area contributed by atoms with Crippen LogP contribution >= 0.6 is 0 Å². The molecule has 0 spiro atoms. The summed E-state index contributed by atoms with van der Waals surface area (Å²) < 4.78 is 5.75. The normalized spacial score (nSPS) is 9.74. The van der Waals surface area contributed by atoms with Crippen LogP contribution in [0.25, 0.3) is 0 Å². The molecule has 0 aliphatic heterocycles. The van der Waals surface area contributed by atoms with Crippen LogP contribution in [0.1, 0.15) is 11.1 Å². The molecule has 0 bridgehead atoms. The van der Waals surface area contributed by atoms with E-state index >= 15 is 0 Å². The molecule has 0 radical (unpaired) electrons. The molecule has 3 nitrogen and oxygen atoms in total. The van der Waals surface area contributed by atoms with Crippen LogP contribution in [-0.2, 0) is 0 Å². The molecule has 3 heteroatoms. The zero-order valence-corrected chi connectivity index (χ0v) is 12.5. The quantitative estimate of drug-likeness (QED) is 0.554. The SMILES string of the molecule is Nc1ccc(Oc2ccc(C#Cc3ccccc3)cc2)cc1N. The second-order valence-electron chi connectivity index (χ2n) is 5.03. The summed E-state index contributed by atoms with van der Waals surface area (Å²) in [7, 11) is 0. The molecular formula is C20H16N2O. The third-order valence-electron chi connectivity index (χ3n) is 3.27. The fourth-order valence-corrected chi connectivity index (χ4v) is 2.02. The van der Waals surface area contributed by atoms with Gasteiger partial charge in [0.05, 0.1) is 11.4 Å². The monoisotopic (exact) mass is 300 g/mol. The molecule has 23 heavy (non-hydrogen) atoms. The number of hydrogen-bond acceptors (Lipinski definition) is 3. The molecule has 0 heterocycles. The van der Waals surface area contributed by atoms with Gasteiger partial charge in [-0.15, -0.1) is 0 Å². The summed E-state index contributed by atoms with van der Waals surface area (Å²) >= 11 is 0. The van der Waals surface area contributed by atoms with E-state index < -0.39 is 0 Å². The lowest BCUT2D eigenvalue weighted by atomic mass is 10.2. The standard InChI is InChI=1S/C20H16N2O/c21-19-13-12-18(14-20(19)22)23-17-10-8-16(9-11-17)7-6-15-4-2-1-3-5-15/h1-5,8-14H,21-22H2. The first-order chi connectivity index (χ1) is 11.2. The van der Waals surface area contributed by atoms with E-state index in [0.717, 1.165) is 16.9 Å². The predicted octanol–water partition coefficient (Wildman–Crippen LogP) is 4.04. The lowest BCUT2D eigenvalue weighted by Gasteiger charge is -2.07. The van der Waals surface area contributed by atoms with Gasteiger partial charge in [-0.3, -0.25) is 0 Å². The summed E-state index contributed by atoms with van der Waals surface area (Å²) in [4.78, 5) is 0. The summed E-state index contributed by atoms with van der Waals surface area (Å²) in [6.45, 7) is 0. The van der Waals surface area contributed by atoms with Gasteiger partial charge in [0, 0.05) is 17.2 Å². The Morgan fingerprint density at radius 1 is 0.609 bits per heavy atom. The highest BCUT2D eigenvalue weighted by Crippen LogP contribution is 2.26. The zero-order valence-electron chi connectivity index (χ0n) is 12.5. The molecular weight excluding hydrogens is 284 g/mol. The van der Waals surface area contributed by atoms with Crippen LogP contribution in [0.4, 0.5) is 11.4 Å². The molecule has 0 unspecified atom stereocenters. The van der Waals surface area contributed by atoms with Gasteiger partial charge in [0.15, 0.2) is 0 Å². The molecule has 4 N–H and O–H groups in total. The maximum Gasteiger partial charge on any atom is 0.129 e. The third-order valence-corrected chi connectivity index (χ3v) is 3.27. The Hall–Kier alpha value is -3.38. The van der Waals surface area contributed by atoms with E-state index in [0.29, 0.717) is 17.1 Å². The number of nitrogen functional groups attached to an aromatic ring is 2. The Kier molecular flexibility index (Phi) is 4.17. The minimum atomic E-state index is 0.507. The van der Waals surface area contributed by atoms with Crippen molar-refractivity contribution in [3.8, 4) is 23.3 Å². The molecule has 0 aliphatic carbocycles. The summed E-state index contributed by atoms with van der Waals surface area (Å²) in [5.74, 6) is 7.62. The average molecular weight is 300 g/mol. The van der Waals surface area contributed by atoms with Crippen molar-refractivity contribution in [1.29, 1.82) is 0 Å². The highest BCUT2D eigenvalue weighted by Gasteiger charge is 2.00. The van der Waals surface area contributed by atoms with Gasteiger partial charge >= 0.3 is 0 Å². The number of benzene rings is 3. The van der Waals surface area contributed by atoms with E-state index in [4.69, 9.17) is 16.2 Å². The highest BCUT2D eigenvalue weighted by molar-refractivity contribution is 5.65. The fraction of sp³-hybridized carbons (Fsp3) is 0. The Labute approximate surface area is 135 Å². The highest BCUT2D eigenvalue weighted by atomic mass is 16.5. The van der Waals surface area contributed by atoms with E-state index in [9.17, 15) is 0 Å². The van der Waals surface area contributed by atoms with Crippen molar-refractivity contribution in [2.24, 2.45) is 0 Å². The maximum absolute atomic E-state index is 5.77. The average Bonchev–Trinajstić information content (AvgIpc) is 2.58. The molecule has 0 saturated heterocycles. The van der Waals surface area contributed by atoms with E-state index in [1.807, 2.05) is 54.6 Å². The topological polar surface area (TPSA) is 61.3 Å². The van der Waals surface area contributed by atoms with Crippen LogP contribution in [0.5, 0.6) is 11.5 Å². The molecule has 0 saturated carbocycles. The Balaban J connectivity index is 1.72. The summed E-state index contributed by atoms with van der Waals surface area (Å²) in [6.07, 6.45) is 0. The van der Waals surface area contributed by atoms with Gasteiger partial charge in [0.1, 0.15) is 11.5 Å². The molecule has 112 valence electrons. The molecule has 3 aromatic carbocycles. The lowest BCUT2D eigenvalue weighted by molar-refractivity contribution is 0.483. The van der Waals surface area contributed by atoms with Crippen LogP contribution < -0.4 is 16.2 Å². The Bertz CT molecular complexity index is 860. The molecule has 0 amide bonds. The minimum absolute atomic E-state index is 0.507. The van der Waals surface area contributed by atoms with Crippen LogP contribution in [0.2, 0.25) is 0 Å². The van der Waals surface area contributed by atoms with E-state index in [2.05, 4.69) is 11.8 Å². The first-order valence-corrected chi connectivity index (χ1v) is 7.21. The summed E-state index contributed by atoms with van der Waals surface area (Å²) in [6, 6.07) is 22.7. The molecule has 3 rings (SSSR count). The lowest BCUT2D eigenvalue weighted by Crippen LogP contribution is -1.94.